The molecule has 5 rings (SSSR count). The Morgan fingerprint density at radius 2 is 1.83 bits per heavy atom. The number of carbonyl (C=O) groups is 1. The van der Waals surface area contributed by atoms with E-state index in [-0.39, 0.29) is 12.1 Å². The molecule has 212 valence electrons. The number of esters is 1. The normalized spacial score (nSPS) is 16.5. The molecule has 0 aliphatic carbocycles. The highest BCUT2D eigenvalue weighted by Crippen LogP contribution is 2.45. The number of pyridine rings is 1. The molecule has 41 heavy (non-hydrogen) atoms. The molecule has 8 nitrogen and oxygen atoms in total. The summed E-state index contributed by atoms with van der Waals surface area (Å²) in [4.78, 5) is 19.4. The first kappa shape index (κ1) is 28.6. The Morgan fingerprint density at radius 1 is 1.05 bits per heavy atom. The van der Waals surface area contributed by atoms with E-state index in [9.17, 15) is 4.79 Å². The first-order valence-corrected chi connectivity index (χ1v) is 13.9. The van der Waals surface area contributed by atoms with Crippen molar-refractivity contribution < 1.29 is 19.0 Å². The third-order valence-corrected chi connectivity index (χ3v) is 7.79. The minimum atomic E-state index is -0.395. The number of thiocarbonyl (C=S) groups is 1. The molecule has 0 bridgehead atoms. The third kappa shape index (κ3) is 5.53. The van der Waals surface area contributed by atoms with Crippen LogP contribution >= 0.6 is 23.8 Å². The van der Waals surface area contributed by atoms with Crippen molar-refractivity contribution in [3.63, 3.8) is 0 Å². The van der Waals surface area contributed by atoms with E-state index in [1.807, 2.05) is 68.4 Å². The summed E-state index contributed by atoms with van der Waals surface area (Å²) in [6, 6.07) is 20.5. The van der Waals surface area contributed by atoms with Crippen LogP contribution in [0.4, 0.5) is 5.69 Å². The number of methoxy groups -OCH3 is 2. The van der Waals surface area contributed by atoms with Gasteiger partial charge in [-0.1, -0.05) is 29.8 Å². The lowest BCUT2D eigenvalue weighted by atomic mass is 9.96. The first-order chi connectivity index (χ1) is 19.8. The van der Waals surface area contributed by atoms with Crippen molar-refractivity contribution in [3.8, 4) is 11.4 Å². The summed E-state index contributed by atoms with van der Waals surface area (Å²) in [5.41, 5.74) is 5.86. The van der Waals surface area contributed by atoms with Crippen LogP contribution in [-0.2, 0) is 9.47 Å². The minimum Gasteiger partial charge on any atom is -0.490 e. The number of aromatic nitrogens is 2. The second-order valence-corrected chi connectivity index (χ2v) is 10.4. The van der Waals surface area contributed by atoms with Crippen LogP contribution in [0.1, 0.15) is 45.1 Å². The number of hydrogen-bond acceptors (Lipinski definition) is 6. The number of carbonyl (C=O) groups excluding carboxylic acids is 1. The van der Waals surface area contributed by atoms with Gasteiger partial charge in [0.2, 0.25) is 0 Å². The second kappa shape index (κ2) is 12.3. The van der Waals surface area contributed by atoms with E-state index in [1.54, 1.807) is 19.4 Å². The fourth-order valence-corrected chi connectivity index (χ4v) is 5.92. The summed E-state index contributed by atoms with van der Waals surface area (Å²) in [6.07, 6.45) is 1.78. The Kier molecular flexibility index (Phi) is 8.58. The van der Waals surface area contributed by atoms with Gasteiger partial charge in [-0.3, -0.25) is 4.98 Å². The van der Waals surface area contributed by atoms with Crippen LogP contribution in [0.3, 0.4) is 0 Å². The number of nitrogens with zero attached hydrogens (tertiary/aromatic N) is 3. The van der Waals surface area contributed by atoms with Gasteiger partial charge in [0, 0.05) is 30.4 Å². The lowest BCUT2D eigenvalue weighted by Gasteiger charge is -2.28. The fourth-order valence-electron chi connectivity index (χ4n) is 5.35. The van der Waals surface area contributed by atoms with Crippen LogP contribution in [0, 0.1) is 13.8 Å². The predicted molar refractivity (Wildman–Crippen MR) is 163 cm³/mol. The van der Waals surface area contributed by atoms with Gasteiger partial charge in [-0.15, -0.1) is 0 Å². The lowest BCUT2D eigenvalue weighted by molar-refractivity contribution is 0.0600. The van der Waals surface area contributed by atoms with Gasteiger partial charge in [-0.05, 0) is 80.2 Å². The molecule has 0 amide bonds. The van der Waals surface area contributed by atoms with Gasteiger partial charge < -0.3 is 29.0 Å². The van der Waals surface area contributed by atoms with E-state index in [2.05, 4.69) is 25.8 Å². The Labute approximate surface area is 249 Å². The average molecular weight is 591 g/mol. The molecule has 0 saturated carbocycles. The van der Waals surface area contributed by atoms with Crippen LogP contribution in [-0.4, -0.2) is 48.1 Å². The second-order valence-electron chi connectivity index (χ2n) is 9.62. The molecule has 2 aromatic carbocycles. The van der Waals surface area contributed by atoms with Crippen molar-refractivity contribution in [2.24, 2.45) is 0 Å². The molecular weight excluding hydrogens is 560 g/mol. The van der Waals surface area contributed by atoms with Crippen LogP contribution in [0.15, 0.2) is 72.9 Å². The summed E-state index contributed by atoms with van der Waals surface area (Å²) in [5, 5.41) is 4.52. The molecule has 2 atom stereocenters. The third-order valence-electron chi connectivity index (χ3n) is 7.18. The van der Waals surface area contributed by atoms with Crippen molar-refractivity contribution in [1.29, 1.82) is 0 Å². The van der Waals surface area contributed by atoms with Gasteiger partial charge in [-0.25, -0.2) is 4.79 Å². The zero-order valence-electron chi connectivity index (χ0n) is 23.3. The Hall–Kier alpha value is -3.92. The lowest BCUT2D eigenvalue weighted by Crippen LogP contribution is -2.29. The topological polar surface area (TPSA) is 77.9 Å². The molecule has 2 aromatic heterocycles. The highest BCUT2D eigenvalue weighted by atomic mass is 35.5. The monoisotopic (exact) mass is 590 g/mol. The van der Waals surface area contributed by atoms with E-state index in [4.69, 9.17) is 38.0 Å². The minimum absolute atomic E-state index is 0.245. The molecule has 1 fully saturated rings. The van der Waals surface area contributed by atoms with Crippen LogP contribution in [0.25, 0.3) is 5.69 Å². The van der Waals surface area contributed by atoms with Gasteiger partial charge in [0.1, 0.15) is 12.4 Å². The zero-order valence-corrected chi connectivity index (χ0v) is 24.8. The van der Waals surface area contributed by atoms with Gasteiger partial charge >= 0.3 is 5.97 Å². The number of anilines is 1. The number of hydrogen-bond donors (Lipinski definition) is 1. The Bertz CT molecular complexity index is 1580. The van der Waals surface area contributed by atoms with E-state index in [0.717, 1.165) is 34.0 Å². The smallest absolute Gasteiger partial charge is 0.339 e. The van der Waals surface area contributed by atoms with Crippen LogP contribution in [0.2, 0.25) is 5.02 Å². The molecule has 1 aliphatic rings. The number of nitrogens with one attached hydrogen (secondary N) is 1. The van der Waals surface area contributed by atoms with E-state index >= 15 is 0 Å². The highest BCUT2D eigenvalue weighted by Gasteiger charge is 2.42. The molecule has 0 spiro atoms. The SMILES string of the molecule is COCCOc1ccc(N2C(=S)N[C@@H](c3ccccn3)[C@@H]2c2cc(C)n(-c3ccccc3C(=O)OC)c2C)cc1Cl. The predicted octanol–water partition coefficient (Wildman–Crippen LogP) is 6.13. The van der Waals surface area contributed by atoms with Crippen molar-refractivity contribution >= 4 is 40.6 Å². The maximum Gasteiger partial charge on any atom is 0.339 e. The number of benzene rings is 2. The molecule has 4 aromatic rings. The highest BCUT2D eigenvalue weighted by molar-refractivity contribution is 7.80. The van der Waals surface area contributed by atoms with Crippen molar-refractivity contribution in [1.82, 2.24) is 14.9 Å². The zero-order chi connectivity index (χ0) is 29.1. The summed E-state index contributed by atoms with van der Waals surface area (Å²) in [5.74, 6) is 0.176. The van der Waals surface area contributed by atoms with Crippen molar-refractivity contribution in [3.05, 3.63) is 106 Å². The standard InChI is InChI=1S/C31H31ClN4O4S/c1-19-17-23(20(2)35(19)26-11-6-5-9-22(26)30(37)39-4)29-28(25-10-7-8-14-33-25)34-31(41)36(29)21-12-13-27(24(32)18-21)40-16-15-38-3/h5-14,17-18,28-29H,15-16H2,1-4H3,(H,34,41)/t28-,29-/m0/s1. The molecular formula is C31H31ClN4O4S. The maximum absolute atomic E-state index is 12.6. The fraction of sp³-hybridized carbons (Fsp3) is 0.258. The van der Waals surface area contributed by atoms with E-state index in [1.165, 1.54) is 7.11 Å². The molecule has 1 N–H and O–H groups in total. The maximum atomic E-state index is 12.6. The van der Waals surface area contributed by atoms with Crippen molar-refractivity contribution in [2.75, 3.05) is 32.3 Å². The number of halogens is 1. The van der Waals surface area contributed by atoms with Gasteiger partial charge in [0.05, 0.1) is 47.8 Å². The average Bonchev–Trinajstić information content (AvgIpc) is 3.48. The molecule has 1 aliphatic heterocycles. The van der Waals surface area contributed by atoms with Crippen molar-refractivity contribution in [2.45, 2.75) is 25.9 Å². The summed E-state index contributed by atoms with van der Waals surface area (Å²) < 4.78 is 18.0. The quantitative estimate of drug-likeness (QED) is 0.142. The van der Waals surface area contributed by atoms with Gasteiger partial charge in [-0.2, -0.15) is 0 Å². The van der Waals surface area contributed by atoms with E-state index in [0.29, 0.717) is 34.7 Å². The molecule has 10 heteroatoms. The molecule has 0 unspecified atom stereocenters. The summed E-state index contributed by atoms with van der Waals surface area (Å²) >= 11 is 12.6. The summed E-state index contributed by atoms with van der Waals surface area (Å²) in [7, 11) is 3.01. The first-order valence-electron chi connectivity index (χ1n) is 13.1. The number of rotatable bonds is 9. The van der Waals surface area contributed by atoms with Crippen LogP contribution < -0.4 is 15.0 Å². The Morgan fingerprint density at radius 3 is 2.54 bits per heavy atom. The Balaban J connectivity index is 1.63. The van der Waals surface area contributed by atoms with Gasteiger partial charge in [0.25, 0.3) is 0 Å². The van der Waals surface area contributed by atoms with Gasteiger partial charge in [0.15, 0.2) is 5.11 Å². The number of aryl methyl sites for hydroxylation is 1. The molecule has 1 saturated heterocycles. The van der Waals surface area contributed by atoms with Crippen LogP contribution in [0.5, 0.6) is 5.75 Å². The number of ether oxygens (including phenoxy) is 3. The molecule has 3 heterocycles. The number of para-hydroxylation sites is 1. The summed E-state index contributed by atoms with van der Waals surface area (Å²) in [6.45, 7) is 4.92. The largest absolute Gasteiger partial charge is 0.490 e. The van der Waals surface area contributed by atoms with E-state index < -0.39 is 5.97 Å². The molecule has 0 radical (unpaired) electrons.